The second-order valence-electron chi connectivity index (χ2n) is 11.5. The van der Waals surface area contributed by atoms with E-state index in [0.717, 1.165) is 37.9 Å². The number of amides is 1. The molecule has 1 fully saturated rings. The molecule has 1 saturated heterocycles. The minimum absolute atomic E-state index is 0.0727. The number of ether oxygens (including phenoxy) is 3. The van der Waals surface area contributed by atoms with E-state index in [0.29, 0.717) is 26.2 Å². The van der Waals surface area contributed by atoms with Crippen molar-refractivity contribution in [1.82, 2.24) is 10.2 Å². The van der Waals surface area contributed by atoms with Gasteiger partial charge in [0.05, 0.1) is 19.6 Å². The third-order valence-corrected chi connectivity index (χ3v) is 7.54. The summed E-state index contributed by atoms with van der Waals surface area (Å²) >= 11 is 0. The molecule has 2 aromatic carbocycles. The number of esters is 1. The Bertz CT molecular complexity index is 1070. The van der Waals surface area contributed by atoms with Crippen LogP contribution < -0.4 is 5.32 Å². The van der Waals surface area contributed by atoms with E-state index in [4.69, 9.17) is 14.2 Å². The van der Waals surface area contributed by atoms with Crippen LogP contribution >= 0.6 is 0 Å². The quantitative estimate of drug-likeness (QED) is 0.345. The van der Waals surface area contributed by atoms with Crippen molar-refractivity contribution in [2.75, 3.05) is 26.2 Å². The Labute approximate surface area is 226 Å². The lowest BCUT2D eigenvalue weighted by molar-refractivity contribution is -0.143. The van der Waals surface area contributed by atoms with Crippen LogP contribution in [0, 0.1) is 0 Å². The number of alkyl carbamates (subject to hydrolysis) is 1. The summed E-state index contributed by atoms with van der Waals surface area (Å²) in [4.78, 5) is 27.2. The first-order chi connectivity index (χ1) is 18.2. The summed E-state index contributed by atoms with van der Waals surface area (Å²) in [7, 11) is 0. The van der Waals surface area contributed by atoms with Crippen molar-refractivity contribution in [3.05, 3.63) is 71.3 Å². The van der Waals surface area contributed by atoms with Gasteiger partial charge in [0.2, 0.25) is 0 Å². The number of benzene rings is 2. The number of hydrogen-bond donors (Lipinski definition) is 1. The molecule has 38 heavy (non-hydrogen) atoms. The van der Waals surface area contributed by atoms with Crippen LogP contribution in [-0.4, -0.2) is 55.0 Å². The molecular weight excluding hydrogens is 480 g/mol. The first-order valence-electron chi connectivity index (χ1n) is 13.8. The van der Waals surface area contributed by atoms with Crippen LogP contribution in [0.4, 0.5) is 4.79 Å². The predicted molar refractivity (Wildman–Crippen MR) is 147 cm³/mol. The van der Waals surface area contributed by atoms with Gasteiger partial charge in [0.1, 0.15) is 11.8 Å². The molecule has 0 bridgehead atoms. The molecule has 1 aliphatic carbocycles. The number of carbonyl (C=O) groups excluding carboxylic acids is 2. The summed E-state index contributed by atoms with van der Waals surface area (Å²) in [5.41, 5.74) is 3.23. The Morgan fingerprint density at radius 1 is 1.05 bits per heavy atom. The van der Waals surface area contributed by atoms with Crippen molar-refractivity contribution >= 4 is 12.1 Å². The molecule has 0 aromatic heterocycles. The van der Waals surface area contributed by atoms with Gasteiger partial charge in [0, 0.05) is 6.54 Å². The monoisotopic (exact) mass is 522 g/mol. The van der Waals surface area contributed by atoms with Crippen LogP contribution in [-0.2, 0) is 31.0 Å². The average Bonchev–Trinajstić information content (AvgIpc) is 3.16. The highest BCUT2D eigenvalue weighted by atomic mass is 16.6. The molecule has 0 radical (unpaired) electrons. The van der Waals surface area contributed by atoms with Crippen LogP contribution in [0.2, 0.25) is 0 Å². The molecule has 2 atom stereocenters. The third-order valence-electron chi connectivity index (χ3n) is 7.54. The minimum atomic E-state index is -0.582. The zero-order valence-electron chi connectivity index (χ0n) is 23.2. The Morgan fingerprint density at radius 3 is 2.42 bits per heavy atom. The first kappa shape index (κ1) is 28.1. The Hall–Kier alpha value is -2.90. The van der Waals surface area contributed by atoms with Crippen molar-refractivity contribution < 1.29 is 23.8 Å². The van der Waals surface area contributed by atoms with Gasteiger partial charge in [-0.15, -0.1) is 0 Å². The maximum atomic E-state index is 12.6. The summed E-state index contributed by atoms with van der Waals surface area (Å²) in [6.07, 6.45) is 2.44. The van der Waals surface area contributed by atoms with Gasteiger partial charge < -0.3 is 14.2 Å². The third kappa shape index (κ3) is 7.35. The second-order valence-corrected chi connectivity index (χ2v) is 11.5. The molecule has 2 aromatic rings. The number of hydrogen-bond acceptors (Lipinski definition) is 6. The molecule has 2 aliphatic rings. The molecular formula is C31H42N2O5. The van der Waals surface area contributed by atoms with Gasteiger partial charge >= 0.3 is 12.1 Å². The molecule has 1 N–H and O–H groups in total. The van der Waals surface area contributed by atoms with Crippen LogP contribution in [0.3, 0.4) is 0 Å². The van der Waals surface area contributed by atoms with Crippen molar-refractivity contribution in [1.29, 1.82) is 0 Å². The van der Waals surface area contributed by atoms with Crippen molar-refractivity contribution in [3.63, 3.8) is 0 Å². The van der Waals surface area contributed by atoms with E-state index in [2.05, 4.69) is 34.5 Å². The molecule has 0 saturated carbocycles. The Kier molecular flexibility index (Phi) is 9.11. The number of rotatable bonds is 9. The van der Waals surface area contributed by atoms with E-state index in [9.17, 15) is 9.59 Å². The highest BCUT2D eigenvalue weighted by Gasteiger charge is 2.46. The summed E-state index contributed by atoms with van der Waals surface area (Å²) in [5, 5.41) is 2.93. The topological polar surface area (TPSA) is 77.1 Å². The zero-order valence-corrected chi connectivity index (χ0v) is 23.2. The van der Waals surface area contributed by atoms with Crippen LogP contribution in [0.15, 0.2) is 54.6 Å². The van der Waals surface area contributed by atoms with Gasteiger partial charge in [-0.3, -0.25) is 15.0 Å². The van der Waals surface area contributed by atoms with Gasteiger partial charge in [0.25, 0.3) is 0 Å². The van der Waals surface area contributed by atoms with Crippen molar-refractivity contribution in [2.45, 2.75) is 83.1 Å². The van der Waals surface area contributed by atoms with Crippen LogP contribution in [0.5, 0.6) is 0 Å². The number of likely N-dealkylation sites (tertiary alicyclic amines) is 1. The highest BCUT2D eigenvalue weighted by molar-refractivity contribution is 5.71. The van der Waals surface area contributed by atoms with Crippen LogP contribution in [0.1, 0.15) is 76.0 Å². The predicted octanol–water partition coefficient (Wildman–Crippen LogP) is 5.53. The minimum Gasteiger partial charge on any atom is -0.466 e. The fourth-order valence-electron chi connectivity index (χ4n) is 5.85. The van der Waals surface area contributed by atoms with E-state index in [1.54, 1.807) is 0 Å². The fourth-order valence-corrected chi connectivity index (χ4v) is 5.85. The van der Waals surface area contributed by atoms with E-state index < -0.39 is 17.9 Å². The van der Waals surface area contributed by atoms with E-state index in [1.807, 2.05) is 58.0 Å². The number of carbonyl (C=O) groups is 2. The van der Waals surface area contributed by atoms with Crippen LogP contribution in [0.25, 0.3) is 0 Å². The molecule has 7 nitrogen and oxygen atoms in total. The van der Waals surface area contributed by atoms with Gasteiger partial charge in [-0.25, -0.2) is 4.79 Å². The largest absolute Gasteiger partial charge is 0.466 e. The number of fused-ring (bicyclic) bond motifs is 2. The number of nitrogens with one attached hydrogen (secondary N) is 1. The molecule has 7 heteroatoms. The standard InChI is InChI=1S/C31H42N2O5/c1-5-36-28(34)19-24-20-31(26-14-10-9-13-25(24)26)15-17-33(18-16-31)21-27(32-29(35)38-30(2,3)4)37-22-23-11-7-6-8-12-23/h6-14,24,27H,5,15-22H2,1-4H3,(H,32,35). The maximum Gasteiger partial charge on any atom is 0.409 e. The summed E-state index contributed by atoms with van der Waals surface area (Å²) in [6.45, 7) is 10.6. The Balaban J connectivity index is 1.40. The molecule has 2 unspecified atom stereocenters. The normalized spacial score (nSPS) is 19.5. The van der Waals surface area contributed by atoms with Gasteiger partial charge in [-0.05, 0) is 88.1 Å². The highest BCUT2D eigenvalue weighted by Crippen LogP contribution is 2.52. The van der Waals surface area contributed by atoms with Gasteiger partial charge in [-0.2, -0.15) is 0 Å². The average molecular weight is 523 g/mol. The van der Waals surface area contributed by atoms with Gasteiger partial charge in [0.15, 0.2) is 0 Å². The van der Waals surface area contributed by atoms with E-state index >= 15 is 0 Å². The van der Waals surface area contributed by atoms with Crippen molar-refractivity contribution in [3.8, 4) is 0 Å². The second kappa shape index (κ2) is 12.3. The maximum absolute atomic E-state index is 12.6. The number of nitrogens with zero attached hydrogens (tertiary/aromatic N) is 1. The van der Waals surface area contributed by atoms with Gasteiger partial charge in [-0.1, -0.05) is 54.6 Å². The molecule has 1 spiro atoms. The fraction of sp³-hybridized carbons (Fsp3) is 0.548. The smallest absolute Gasteiger partial charge is 0.409 e. The lowest BCUT2D eigenvalue weighted by Crippen LogP contribution is -2.50. The van der Waals surface area contributed by atoms with E-state index in [1.165, 1.54) is 11.1 Å². The van der Waals surface area contributed by atoms with Crippen molar-refractivity contribution in [2.24, 2.45) is 0 Å². The summed E-state index contributed by atoms with van der Waals surface area (Å²) in [6, 6.07) is 18.6. The SMILES string of the molecule is CCOC(=O)CC1CC2(CCN(CC(NC(=O)OC(C)(C)C)OCc3ccccc3)CC2)c2ccccc21. The molecule has 1 aliphatic heterocycles. The lowest BCUT2D eigenvalue weighted by atomic mass is 9.73. The number of piperidine rings is 1. The first-order valence-corrected chi connectivity index (χ1v) is 13.8. The molecule has 1 amide bonds. The molecule has 4 rings (SSSR count). The zero-order chi connectivity index (χ0) is 27.2. The summed E-state index contributed by atoms with van der Waals surface area (Å²) < 4.78 is 16.9. The summed E-state index contributed by atoms with van der Waals surface area (Å²) in [5.74, 6) is 0.0843. The molecule has 1 heterocycles. The van der Waals surface area contributed by atoms with E-state index in [-0.39, 0.29) is 17.3 Å². The molecule has 206 valence electrons. The lowest BCUT2D eigenvalue weighted by Gasteiger charge is -2.41. The Morgan fingerprint density at radius 2 is 1.74 bits per heavy atom.